The average Bonchev–Trinajstić information content (AvgIpc) is 2.36. The lowest BCUT2D eigenvalue weighted by Gasteiger charge is -2.27. The van der Waals surface area contributed by atoms with E-state index in [4.69, 9.17) is 9.47 Å². The standard InChI is InChI=1S/C13H18O4/c1-10(15)17-9-13(2,8-14)11-5-4-6-12(7-11)16-3/h4-7,14H,8-9H2,1-3H3/t13-/m1/s1. The van der Waals surface area contributed by atoms with Gasteiger partial charge in [-0.1, -0.05) is 19.1 Å². The smallest absolute Gasteiger partial charge is 0.302 e. The Kier molecular flexibility index (Phi) is 4.52. The Morgan fingerprint density at radius 1 is 1.47 bits per heavy atom. The molecule has 1 N–H and O–H groups in total. The summed E-state index contributed by atoms with van der Waals surface area (Å²) in [4.78, 5) is 10.8. The molecule has 0 heterocycles. The quantitative estimate of drug-likeness (QED) is 0.790. The molecule has 1 atom stereocenters. The minimum Gasteiger partial charge on any atom is -0.497 e. The molecule has 0 spiro atoms. The fourth-order valence-corrected chi connectivity index (χ4v) is 1.48. The highest BCUT2D eigenvalue weighted by Crippen LogP contribution is 2.26. The number of ether oxygens (including phenoxy) is 2. The monoisotopic (exact) mass is 238 g/mol. The molecule has 0 aliphatic carbocycles. The van der Waals surface area contributed by atoms with E-state index < -0.39 is 5.41 Å². The molecule has 0 fully saturated rings. The molecule has 0 bridgehead atoms. The van der Waals surface area contributed by atoms with Crippen LogP contribution in [0.15, 0.2) is 24.3 Å². The van der Waals surface area contributed by atoms with Gasteiger partial charge in [0.1, 0.15) is 12.4 Å². The van der Waals surface area contributed by atoms with E-state index in [2.05, 4.69) is 0 Å². The first-order chi connectivity index (χ1) is 8.01. The van der Waals surface area contributed by atoms with Crippen LogP contribution in [0.2, 0.25) is 0 Å². The number of hydrogen-bond acceptors (Lipinski definition) is 4. The Morgan fingerprint density at radius 3 is 2.71 bits per heavy atom. The maximum absolute atomic E-state index is 10.8. The zero-order chi connectivity index (χ0) is 12.9. The molecule has 4 heteroatoms. The predicted molar refractivity (Wildman–Crippen MR) is 64.1 cm³/mol. The average molecular weight is 238 g/mol. The van der Waals surface area contributed by atoms with Gasteiger partial charge in [0.15, 0.2) is 0 Å². The number of esters is 1. The molecule has 17 heavy (non-hydrogen) atoms. The van der Waals surface area contributed by atoms with Gasteiger partial charge in [0, 0.05) is 12.3 Å². The molecule has 1 aromatic carbocycles. The molecular weight excluding hydrogens is 220 g/mol. The van der Waals surface area contributed by atoms with Crippen LogP contribution in [0.3, 0.4) is 0 Å². The van der Waals surface area contributed by atoms with Gasteiger partial charge in [0.25, 0.3) is 0 Å². The van der Waals surface area contributed by atoms with Gasteiger partial charge in [-0.2, -0.15) is 0 Å². The minimum absolute atomic E-state index is 0.104. The SMILES string of the molecule is COc1cccc([C@](C)(CO)COC(C)=O)c1. The van der Waals surface area contributed by atoms with Crippen LogP contribution in [-0.2, 0) is 14.9 Å². The van der Waals surface area contributed by atoms with Crippen molar-refractivity contribution in [2.24, 2.45) is 0 Å². The first kappa shape index (κ1) is 13.5. The van der Waals surface area contributed by atoms with Crippen LogP contribution < -0.4 is 4.74 Å². The van der Waals surface area contributed by atoms with E-state index >= 15 is 0 Å². The van der Waals surface area contributed by atoms with E-state index in [9.17, 15) is 9.90 Å². The number of aliphatic hydroxyl groups excluding tert-OH is 1. The first-order valence-corrected chi connectivity index (χ1v) is 5.40. The second-order valence-corrected chi connectivity index (χ2v) is 4.23. The van der Waals surface area contributed by atoms with Gasteiger partial charge >= 0.3 is 5.97 Å². The molecular formula is C13H18O4. The van der Waals surface area contributed by atoms with E-state index in [1.807, 2.05) is 31.2 Å². The van der Waals surface area contributed by atoms with Crippen LogP contribution in [0.1, 0.15) is 19.4 Å². The van der Waals surface area contributed by atoms with Gasteiger partial charge in [0.05, 0.1) is 13.7 Å². The van der Waals surface area contributed by atoms with Crippen molar-refractivity contribution in [3.05, 3.63) is 29.8 Å². The van der Waals surface area contributed by atoms with Crippen molar-refractivity contribution >= 4 is 5.97 Å². The van der Waals surface area contributed by atoms with E-state index in [1.54, 1.807) is 7.11 Å². The first-order valence-electron chi connectivity index (χ1n) is 5.40. The van der Waals surface area contributed by atoms with Crippen molar-refractivity contribution in [1.29, 1.82) is 0 Å². The summed E-state index contributed by atoms with van der Waals surface area (Å²) in [5.41, 5.74) is 0.265. The summed E-state index contributed by atoms with van der Waals surface area (Å²) < 4.78 is 10.1. The molecule has 0 aromatic heterocycles. The van der Waals surface area contributed by atoms with Crippen LogP contribution in [-0.4, -0.2) is 31.4 Å². The number of carbonyl (C=O) groups is 1. The largest absolute Gasteiger partial charge is 0.497 e. The van der Waals surface area contributed by atoms with Gasteiger partial charge < -0.3 is 14.6 Å². The lowest BCUT2D eigenvalue weighted by molar-refractivity contribution is -0.143. The fourth-order valence-electron chi connectivity index (χ4n) is 1.48. The summed E-state index contributed by atoms with van der Waals surface area (Å²) in [5.74, 6) is 0.359. The highest BCUT2D eigenvalue weighted by molar-refractivity contribution is 5.66. The lowest BCUT2D eigenvalue weighted by atomic mass is 9.84. The summed E-state index contributed by atoms with van der Waals surface area (Å²) in [5, 5.41) is 9.48. The summed E-state index contributed by atoms with van der Waals surface area (Å²) in [6.45, 7) is 3.23. The Labute approximate surface area is 101 Å². The van der Waals surface area contributed by atoms with Crippen LogP contribution in [0.25, 0.3) is 0 Å². The molecule has 4 nitrogen and oxygen atoms in total. The van der Waals surface area contributed by atoms with Crippen molar-refractivity contribution in [2.75, 3.05) is 20.3 Å². The molecule has 0 aliphatic heterocycles. The predicted octanol–water partition coefficient (Wildman–Crippen LogP) is 1.51. The third-order valence-electron chi connectivity index (χ3n) is 2.71. The highest BCUT2D eigenvalue weighted by Gasteiger charge is 2.27. The minimum atomic E-state index is -0.611. The van der Waals surface area contributed by atoms with E-state index in [0.29, 0.717) is 5.75 Å². The fraction of sp³-hybridized carbons (Fsp3) is 0.462. The van der Waals surface area contributed by atoms with E-state index in [0.717, 1.165) is 5.56 Å². The lowest BCUT2D eigenvalue weighted by Crippen LogP contribution is -2.33. The van der Waals surface area contributed by atoms with E-state index in [1.165, 1.54) is 6.92 Å². The molecule has 94 valence electrons. The number of hydrogen-bond donors (Lipinski definition) is 1. The second-order valence-electron chi connectivity index (χ2n) is 4.23. The van der Waals surface area contributed by atoms with Crippen LogP contribution in [0.4, 0.5) is 0 Å². The van der Waals surface area contributed by atoms with Crippen molar-refractivity contribution in [1.82, 2.24) is 0 Å². The topological polar surface area (TPSA) is 55.8 Å². The third kappa shape index (κ3) is 3.46. The summed E-state index contributed by atoms with van der Waals surface area (Å²) >= 11 is 0. The Balaban J connectivity index is 2.93. The molecule has 0 aliphatic rings. The van der Waals surface area contributed by atoms with Gasteiger partial charge in [-0.3, -0.25) is 4.79 Å². The zero-order valence-corrected chi connectivity index (χ0v) is 10.4. The van der Waals surface area contributed by atoms with Crippen molar-refractivity contribution in [3.63, 3.8) is 0 Å². The number of carbonyl (C=O) groups excluding carboxylic acids is 1. The Hall–Kier alpha value is -1.55. The normalized spacial score (nSPS) is 13.9. The maximum Gasteiger partial charge on any atom is 0.302 e. The van der Waals surface area contributed by atoms with Crippen molar-refractivity contribution < 1.29 is 19.4 Å². The summed E-state index contributed by atoms with van der Waals surface area (Å²) in [7, 11) is 1.58. The number of benzene rings is 1. The number of rotatable bonds is 5. The molecule has 0 radical (unpaired) electrons. The zero-order valence-electron chi connectivity index (χ0n) is 10.4. The molecule has 0 unspecified atom stereocenters. The molecule has 1 aromatic rings. The number of methoxy groups -OCH3 is 1. The number of aliphatic hydroxyl groups is 1. The Bertz CT molecular complexity index is 389. The molecule has 0 amide bonds. The van der Waals surface area contributed by atoms with Gasteiger partial charge in [-0.05, 0) is 17.7 Å². The molecule has 1 rings (SSSR count). The van der Waals surface area contributed by atoms with Gasteiger partial charge in [-0.15, -0.1) is 0 Å². The molecule has 0 saturated heterocycles. The van der Waals surface area contributed by atoms with E-state index in [-0.39, 0.29) is 19.2 Å². The van der Waals surface area contributed by atoms with Crippen LogP contribution in [0, 0.1) is 0 Å². The summed E-state index contributed by atoms with van der Waals surface area (Å²) in [6, 6.07) is 7.38. The van der Waals surface area contributed by atoms with Gasteiger partial charge in [-0.25, -0.2) is 0 Å². The van der Waals surface area contributed by atoms with Crippen LogP contribution >= 0.6 is 0 Å². The van der Waals surface area contributed by atoms with Crippen molar-refractivity contribution in [2.45, 2.75) is 19.3 Å². The van der Waals surface area contributed by atoms with Crippen LogP contribution in [0.5, 0.6) is 5.75 Å². The third-order valence-corrected chi connectivity index (χ3v) is 2.71. The summed E-state index contributed by atoms with van der Waals surface area (Å²) in [6.07, 6.45) is 0. The Morgan fingerprint density at radius 2 is 2.18 bits per heavy atom. The van der Waals surface area contributed by atoms with Gasteiger partial charge in [0.2, 0.25) is 0 Å². The molecule has 0 saturated carbocycles. The second kappa shape index (κ2) is 5.68. The highest BCUT2D eigenvalue weighted by atomic mass is 16.5. The maximum atomic E-state index is 10.8. The van der Waals surface area contributed by atoms with Crippen molar-refractivity contribution in [3.8, 4) is 5.75 Å².